The molecule has 0 atom stereocenters. The zero-order valence-electron chi connectivity index (χ0n) is 11.2. The molecular weight excluding hydrogens is 218 g/mol. The Balaban J connectivity index is 2.51. The molecule has 1 heterocycles. The van der Waals surface area contributed by atoms with Crippen molar-refractivity contribution in [3.63, 3.8) is 0 Å². The van der Waals surface area contributed by atoms with Crippen LogP contribution >= 0.6 is 0 Å². The molecule has 0 aliphatic rings. The van der Waals surface area contributed by atoms with Gasteiger partial charge < -0.3 is 14.8 Å². The number of ether oxygens (including phenoxy) is 2. The maximum absolute atomic E-state index is 5.47. The van der Waals surface area contributed by atoms with Gasteiger partial charge in [0.25, 0.3) is 0 Å². The van der Waals surface area contributed by atoms with E-state index in [-0.39, 0.29) is 6.29 Å². The summed E-state index contributed by atoms with van der Waals surface area (Å²) in [6.45, 7) is 7.97. The lowest BCUT2D eigenvalue weighted by Gasteiger charge is -2.17. The van der Waals surface area contributed by atoms with E-state index in [1.807, 2.05) is 31.8 Å². The van der Waals surface area contributed by atoms with Crippen LogP contribution in [-0.4, -0.2) is 35.8 Å². The molecule has 1 rings (SSSR count). The van der Waals surface area contributed by atoms with E-state index in [0.717, 1.165) is 17.8 Å². The van der Waals surface area contributed by atoms with E-state index < -0.39 is 0 Å². The first kappa shape index (κ1) is 14.0. The van der Waals surface area contributed by atoms with Gasteiger partial charge in [-0.1, -0.05) is 6.92 Å². The second-order valence-corrected chi connectivity index (χ2v) is 3.74. The van der Waals surface area contributed by atoms with E-state index in [0.29, 0.717) is 19.8 Å². The van der Waals surface area contributed by atoms with Gasteiger partial charge in [-0.2, -0.15) is 5.10 Å². The molecule has 0 bridgehead atoms. The van der Waals surface area contributed by atoms with E-state index in [2.05, 4.69) is 17.3 Å². The molecule has 0 saturated carbocycles. The molecule has 0 aliphatic carbocycles. The average Bonchev–Trinajstić information content (AvgIpc) is 2.67. The molecule has 5 nitrogen and oxygen atoms in total. The van der Waals surface area contributed by atoms with Gasteiger partial charge in [-0.15, -0.1) is 0 Å². The fraction of sp³-hybridized carbons (Fsp3) is 0.750. The fourth-order valence-electron chi connectivity index (χ4n) is 1.67. The first-order chi connectivity index (χ1) is 8.21. The summed E-state index contributed by atoms with van der Waals surface area (Å²) in [6, 6.07) is 0. The molecule has 98 valence electrons. The third-order valence-electron chi connectivity index (χ3n) is 2.40. The van der Waals surface area contributed by atoms with Gasteiger partial charge >= 0.3 is 0 Å². The maximum Gasteiger partial charge on any atom is 0.174 e. The normalized spacial score (nSPS) is 11.1. The van der Waals surface area contributed by atoms with Crippen LogP contribution in [0.3, 0.4) is 0 Å². The summed E-state index contributed by atoms with van der Waals surface area (Å²) >= 11 is 0. The van der Waals surface area contributed by atoms with Crippen molar-refractivity contribution in [2.24, 2.45) is 7.05 Å². The summed E-state index contributed by atoms with van der Waals surface area (Å²) < 4.78 is 12.8. The van der Waals surface area contributed by atoms with Crippen molar-refractivity contribution in [1.29, 1.82) is 0 Å². The topological polar surface area (TPSA) is 48.3 Å². The molecule has 0 saturated heterocycles. The van der Waals surface area contributed by atoms with Gasteiger partial charge in [0.05, 0.1) is 17.9 Å². The summed E-state index contributed by atoms with van der Waals surface area (Å²) in [4.78, 5) is 0. The predicted octanol–water partition coefficient (Wildman–Crippen LogP) is 1.79. The standard InChI is InChI=1S/C12H23N3O2/c1-5-10-11(9-15(4)14-10)13-8-12(16-6-2)17-7-3/h9,12-13H,5-8H2,1-4H3. The van der Waals surface area contributed by atoms with Crippen LogP contribution < -0.4 is 5.32 Å². The van der Waals surface area contributed by atoms with Crippen LogP contribution in [0.15, 0.2) is 6.20 Å². The largest absolute Gasteiger partial charge is 0.377 e. The van der Waals surface area contributed by atoms with Crippen LogP contribution in [0.5, 0.6) is 0 Å². The van der Waals surface area contributed by atoms with E-state index >= 15 is 0 Å². The van der Waals surface area contributed by atoms with E-state index in [4.69, 9.17) is 9.47 Å². The molecule has 0 amide bonds. The molecule has 5 heteroatoms. The van der Waals surface area contributed by atoms with Crippen molar-refractivity contribution >= 4 is 5.69 Å². The smallest absolute Gasteiger partial charge is 0.174 e. The Bertz CT molecular complexity index is 320. The molecule has 1 aromatic rings. The number of anilines is 1. The summed E-state index contributed by atoms with van der Waals surface area (Å²) in [7, 11) is 1.92. The molecule has 17 heavy (non-hydrogen) atoms. The van der Waals surface area contributed by atoms with Gasteiger partial charge in [0.1, 0.15) is 0 Å². The highest BCUT2D eigenvalue weighted by atomic mass is 16.7. The van der Waals surface area contributed by atoms with Crippen LogP contribution in [0.2, 0.25) is 0 Å². The van der Waals surface area contributed by atoms with Gasteiger partial charge in [0.2, 0.25) is 0 Å². The Kier molecular flexibility index (Phi) is 6.00. The first-order valence-electron chi connectivity index (χ1n) is 6.20. The minimum Gasteiger partial charge on any atom is -0.377 e. The number of nitrogens with one attached hydrogen (secondary N) is 1. The number of hydrogen-bond donors (Lipinski definition) is 1. The molecular formula is C12H23N3O2. The highest BCUT2D eigenvalue weighted by Crippen LogP contribution is 2.13. The molecule has 0 spiro atoms. The lowest BCUT2D eigenvalue weighted by molar-refractivity contribution is -0.126. The van der Waals surface area contributed by atoms with Crippen LogP contribution in [-0.2, 0) is 22.9 Å². The lowest BCUT2D eigenvalue weighted by atomic mass is 10.3. The lowest BCUT2D eigenvalue weighted by Crippen LogP contribution is -2.26. The molecule has 1 aromatic heterocycles. The van der Waals surface area contributed by atoms with Crippen molar-refractivity contribution in [2.45, 2.75) is 33.5 Å². The Labute approximate surface area is 103 Å². The summed E-state index contributed by atoms with van der Waals surface area (Å²) in [5, 5.41) is 7.69. The zero-order valence-corrected chi connectivity index (χ0v) is 11.2. The minimum atomic E-state index is -0.199. The van der Waals surface area contributed by atoms with E-state index in [1.165, 1.54) is 0 Å². The highest BCUT2D eigenvalue weighted by molar-refractivity contribution is 5.46. The second kappa shape index (κ2) is 7.29. The van der Waals surface area contributed by atoms with Crippen LogP contribution in [0, 0.1) is 0 Å². The molecule has 0 fully saturated rings. The zero-order chi connectivity index (χ0) is 12.7. The van der Waals surface area contributed by atoms with Crippen molar-refractivity contribution in [1.82, 2.24) is 9.78 Å². The summed E-state index contributed by atoms with van der Waals surface area (Å²) in [6.07, 6.45) is 2.69. The Morgan fingerprint density at radius 3 is 2.47 bits per heavy atom. The number of aromatic nitrogens is 2. The van der Waals surface area contributed by atoms with Crippen LogP contribution in [0.4, 0.5) is 5.69 Å². The quantitative estimate of drug-likeness (QED) is 0.705. The van der Waals surface area contributed by atoms with E-state index in [1.54, 1.807) is 0 Å². The van der Waals surface area contributed by atoms with Gasteiger partial charge in [0, 0.05) is 26.5 Å². The van der Waals surface area contributed by atoms with Crippen molar-refractivity contribution in [3.05, 3.63) is 11.9 Å². The monoisotopic (exact) mass is 241 g/mol. The van der Waals surface area contributed by atoms with Crippen molar-refractivity contribution in [3.8, 4) is 0 Å². The van der Waals surface area contributed by atoms with Gasteiger partial charge in [0.15, 0.2) is 6.29 Å². The molecule has 0 aromatic carbocycles. The predicted molar refractivity (Wildman–Crippen MR) is 68.1 cm³/mol. The summed E-state index contributed by atoms with van der Waals surface area (Å²) in [5.74, 6) is 0. The first-order valence-corrected chi connectivity index (χ1v) is 6.20. The second-order valence-electron chi connectivity index (χ2n) is 3.74. The van der Waals surface area contributed by atoms with Crippen LogP contribution in [0.25, 0.3) is 0 Å². The maximum atomic E-state index is 5.47. The number of aryl methyl sites for hydroxylation is 2. The van der Waals surface area contributed by atoms with Crippen molar-refractivity contribution in [2.75, 3.05) is 25.1 Å². The van der Waals surface area contributed by atoms with E-state index in [9.17, 15) is 0 Å². The van der Waals surface area contributed by atoms with Crippen molar-refractivity contribution < 1.29 is 9.47 Å². The highest BCUT2D eigenvalue weighted by Gasteiger charge is 2.10. The number of nitrogens with zero attached hydrogens (tertiary/aromatic N) is 2. The fourth-order valence-corrected chi connectivity index (χ4v) is 1.67. The van der Waals surface area contributed by atoms with Gasteiger partial charge in [-0.3, -0.25) is 4.68 Å². The Morgan fingerprint density at radius 2 is 1.94 bits per heavy atom. The van der Waals surface area contributed by atoms with Gasteiger partial charge in [-0.05, 0) is 20.3 Å². The third kappa shape index (κ3) is 4.36. The molecule has 0 aliphatic heterocycles. The average molecular weight is 241 g/mol. The Hall–Kier alpha value is -1.07. The van der Waals surface area contributed by atoms with Crippen LogP contribution in [0.1, 0.15) is 26.5 Å². The molecule has 0 unspecified atom stereocenters. The Morgan fingerprint density at radius 1 is 1.29 bits per heavy atom. The summed E-state index contributed by atoms with van der Waals surface area (Å²) in [5.41, 5.74) is 2.12. The SMILES string of the molecule is CCOC(CNc1cn(C)nc1CC)OCC. The minimum absolute atomic E-state index is 0.199. The number of hydrogen-bond acceptors (Lipinski definition) is 4. The molecule has 0 radical (unpaired) electrons. The third-order valence-corrected chi connectivity index (χ3v) is 2.40. The van der Waals surface area contributed by atoms with Gasteiger partial charge in [-0.25, -0.2) is 0 Å². The number of rotatable bonds is 8. The molecule has 1 N–H and O–H groups in total.